The van der Waals surface area contributed by atoms with Crippen LogP contribution in [0.2, 0.25) is 40.2 Å². The van der Waals surface area contributed by atoms with Gasteiger partial charge in [-0.15, -0.1) is 21.9 Å². The molecule has 7 rings (SSSR count). The van der Waals surface area contributed by atoms with Gasteiger partial charge < -0.3 is 14.2 Å². The molecule has 25 heteroatoms. The van der Waals surface area contributed by atoms with Gasteiger partial charge in [0.1, 0.15) is 46.9 Å². The Morgan fingerprint density at radius 3 is 1.00 bits per heavy atom. The average molecular weight is 1190 g/mol. The topological polar surface area (TPSA) is 27.7 Å². The van der Waals surface area contributed by atoms with Gasteiger partial charge in [-0.25, -0.2) is 52.7 Å². The molecule has 0 aliphatic rings. The molecule has 0 heterocycles. The molecule has 7 aromatic rings. The van der Waals surface area contributed by atoms with E-state index in [0.717, 1.165) is 5.75 Å². The minimum absolute atomic E-state index is 0.222. The summed E-state index contributed by atoms with van der Waals surface area (Å²) in [5.41, 5.74) is -8.47. The number of ether oxygens (including phenoxy) is 3. The van der Waals surface area contributed by atoms with Crippen molar-refractivity contribution in [1.29, 1.82) is 0 Å². The molecule has 0 amide bonds. The Balaban J connectivity index is 0.000000266. The molecule has 0 N–H and O–H groups in total. The Morgan fingerprint density at radius 2 is 0.667 bits per heavy atom. The van der Waals surface area contributed by atoms with Gasteiger partial charge in [0.25, 0.3) is 0 Å². The third-order valence-corrected chi connectivity index (χ3v) is 16.3. The highest BCUT2D eigenvalue weighted by atomic mass is 35.5. The predicted molar refractivity (Wildman–Crippen MR) is 259 cm³/mol. The number of benzene rings is 7. The van der Waals surface area contributed by atoms with Crippen LogP contribution >= 0.6 is 92.8 Å². The highest BCUT2D eigenvalue weighted by molar-refractivity contribution is 7.97. The summed E-state index contributed by atoms with van der Waals surface area (Å²) in [6.45, 7) is 2.24. The van der Waals surface area contributed by atoms with Gasteiger partial charge in [-0.05, 0) is 36.4 Å². The summed E-state index contributed by atoms with van der Waals surface area (Å²) in [5.74, 6) is -30.4. The molecule has 0 aromatic heterocycles. The third-order valence-electron chi connectivity index (χ3n) is 10.7. The highest BCUT2D eigenvalue weighted by Gasteiger charge is 2.50. The lowest BCUT2D eigenvalue weighted by Crippen LogP contribution is -2.79. The summed E-state index contributed by atoms with van der Waals surface area (Å²) in [6.07, 6.45) is -5.62. The fraction of sp³-hybridized carbons (Fsp3) is 0.106. The van der Waals surface area contributed by atoms with Gasteiger partial charge in [-0.2, -0.15) is 0 Å². The molecular formula is C47H25BCl8F12O3S. The van der Waals surface area contributed by atoms with Gasteiger partial charge in [0, 0.05) is 27.2 Å². The average Bonchev–Trinajstić information content (AvgIpc) is 3.38. The van der Waals surface area contributed by atoms with Gasteiger partial charge >= 0.3 is 0 Å². The second kappa shape index (κ2) is 24.2. The normalized spacial score (nSPS) is 11.6. The number of halogens is 20. The smallest absolute Gasteiger partial charge is 0.208 e. The van der Waals surface area contributed by atoms with Gasteiger partial charge in [0.15, 0.2) is 62.1 Å². The SMILES string of the molecule is COCCOCCOc1ccccc1[S+](c1ccccc1)c1ccccc1.Fc1c(F)c(Cl)c(Cl)c([B-](c2c(F)c(F)c(F)c(Cl)c2Cl)(c2c(F)c(F)c(F)c(Cl)c2Cl)c2c(F)c(F)c(F)c(Cl)c2Cl)c1F. The summed E-state index contributed by atoms with van der Waals surface area (Å²) in [4.78, 5) is 3.74. The van der Waals surface area contributed by atoms with Gasteiger partial charge in [-0.3, -0.25) is 0 Å². The Kier molecular flexibility index (Phi) is 19.3. The largest absolute Gasteiger partial charge is 0.486 e. The van der Waals surface area contributed by atoms with Crippen molar-refractivity contribution in [3.8, 4) is 5.75 Å². The summed E-state index contributed by atoms with van der Waals surface area (Å²) in [5, 5.41) is -13.9. The molecule has 7 aromatic carbocycles. The standard InChI is InChI=1S/C24BCl8F12.C23H25O3S/c26-5-1(13(34)21(42)17(38)9(5)30)25(2-6(27)10(31)18(39)22(43)14(2)35,3-7(28)11(32)19(40)23(44)15(3)36)4-8(29)12(33)20(41)24(45)16(4)37;1-24-16-17-25-18-19-26-22-14-8-9-15-23(22)27(20-10-4-2-5-11-20)21-12-6-3-7-13-21/h;2-15H,16-19H2,1H3/q-1;+1. The maximum Gasteiger partial charge on any atom is 0.208 e. The van der Waals surface area contributed by atoms with E-state index in [9.17, 15) is 17.6 Å². The molecular weight excluding hydrogens is 1170 g/mol. The van der Waals surface area contributed by atoms with E-state index in [0.29, 0.717) is 26.4 Å². The number of para-hydroxylation sites is 1. The summed E-state index contributed by atoms with van der Waals surface area (Å²) in [6, 6.07) is 29.5. The second-order valence-electron chi connectivity index (χ2n) is 14.6. The van der Waals surface area contributed by atoms with Crippen LogP contribution in [0.1, 0.15) is 0 Å². The van der Waals surface area contributed by atoms with Crippen LogP contribution in [0.4, 0.5) is 52.7 Å². The van der Waals surface area contributed by atoms with Crippen molar-refractivity contribution in [1.82, 2.24) is 0 Å². The third kappa shape index (κ3) is 10.6. The van der Waals surface area contributed by atoms with Crippen LogP contribution in [-0.4, -0.2) is 39.7 Å². The molecule has 3 nitrogen and oxygen atoms in total. The number of hydrogen-bond donors (Lipinski definition) is 0. The molecule has 0 unspecified atom stereocenters. The van der Waals surface area contributed by atoms with E-state index in [1.165, 1.54) is 14.7 Å². The van der Waals surface area contributed by atoms with Crippen LogP contribution < -0.4 is 26.6 Å². The maximum atomic E-state index is 16.0. The Morgan fingerprint density at radius 1 is 0.361 bits per heavy atom. The number of hydrogen-bond acceptors (Lipinski definition) is 3. The molecule has 0 bridgehead atoms. The van der Waals surface area contributed by atoms with Crippen LogP contribution in [-0.2, 0) is 20.4 Å². The van der Waals surface area contributed by atoms with Crippen molar-refractivity contribution in [3.05, 3.63) is 195 Å². The maximum absolute atomic E-state index is 16.0. The van der Waals surface area contributed by atoms with Crippen molar-refractivity contribution in [2.45, 2.75) is 14.7 Å². The van der Waals surface area contributed by atoms with Crippen LogP contribution in [0.15, 0.2) is 99.6 Å². The lowest BCUT2D eigenvalue weighted by Gasteiger charge is -2.46. The minimum atomic E-state index is -5.62. The molecule has 0 saturated heterocycles. The molecule has 0 radical (unpaired) electrons. The monoisotopic (exact) mass is 1190 g/mol. The predicted octanol–water partition coefficient (Wildman–Crippen LogP) is 14.8. The molecule has 380 valence electrons. The first-order valence-corrected chi connectivity index (χ1v) is 24.2. The molecule has 0 spiro atoms. The quantitative estimate of drug-likeness (QED) is 0.0271. The first kappa shape index (κ1) is 57.4. The Hall–Kier alpha value is -3.85. The van der Waals surface area contributed by atoms with Crippen LogP contribution in [0, 0.1) is 69.8 Å². The number of methoxy groups -OCH3 is 1. The summed E-state index contributed by atoms with van der Waals surface area (Å²) >= 11 is 46.6. The zero-order valence-corrected chi connectivity index (χ0v) is 42.5. The van der Waals surface area contributed by atoms with Crippen LogP contribution in [0.25, 0.3) is 0 Å². The van der Waals surface area contributed by atoms with E-state index in [1.54, 1.807) is 7.11 Å². The minimum Gasteiger partial charge on any atom is -0.486 e. The van der Waals surface area contributed by atoms with E-state index in [1.807, 2.05) is 12.1 Å². The molecule has 72 heavy (non-hydrogen) atoms. The molecule has 0 fully saturated rings. The molecule has 0 atom stereocenters. The van der Waals surface area contributed by atoms with Crippen LogP contribution in [0.3, 0.4) is 0 Å². The van der Waals surface area contributed by atoms with E-state index < -0.39 is 138 Å². The van der Waals surface area contributed by atoms with Gasteiger partial charge in [0.2, 0.25) is 4.90 Å². The Bertz CT molecular complexity index is 2750. The lowest BCUT2D eigenvalue weighted by atomic mass is 9.12. The van der Waals surface area contributed by atoms with Gasteiger partial charge in [-0.1, -0.05) is 141 Å². The van der Waals surface area contributed by atoms with Crippen molar-refractivity contribution in [2.24, 2.45) is 0 Å². The molecule has 0 aliphatic carbocycles. The fourth-order valence-corrected chi connectivity index (χ4v) is 11.8. The van der Waals surface area contributed by atoms with Gasteiger partial charge in [0.05, 0.1) is 39.9 Å². The van der Waals surface area contributed by atoms with Crippen LogP contribution in [0.5, 0.6) is 5.75 Å². The molecule has 0 saturated carbocycles. The first-order chi connectivity index (χ1) is 34.1. The lowest BCUT2D eigenvalue weighted by molar-refractivity contribution is 0.0540. The van der Waals surface area contributed by atoms with E-state index in [4.69, 9.17) is 107 Å². The summed E-state index contributed by atoms with van der Waals surface area (Å²) < 4.78 is 199. The van der Waals surface area contributed by atoms with E-state index in [-0.39, 0.29) is 10.9 Å². The van der Waals surface area contributed by atoms with E-state index >= 15 is 35.1 Å². The van der Waals surface area contributed by atoms with E-state index in [2.05, 4.69) is 72.8 Å². The second-order valence-corrected chi connectivity index (χ2v) is 19.7. The van der Waals surface area contributed by atoms with Crippen molar-refractivity contribution < 1.29 is 66.9 Å². The van der Waals surface area contributed by atoms with Crippen molar-refractivity contribution >= 4 is 132 Å². The Labute approximate surface area is 444 Å². The fourth-order valence-electron chi connectivity index (χ4n) is 7.57. The zero-order chi connectivity index (χ0) is 53.1. The van der Waals surface area contributed by atoms with Crippen molar-refractivity contribution in [3.63, 3.8) is 0 Å². The zero-order valence-electron chi connectivity index (χ0n) is 35.7. The molecule has 0 aliphatic heterocycles. The number of rotatable bonds is 14. The first-order valence-electron chi connectivity index (χ1n) is 20.0. The van der Waals surface area contributed by atoms with Crippen molar-refractivity contribution in [2.75, 3.05) is 33.5 Å². The summed E-state index contributed by atoms with van der Waals surface area (Å²) in [7, 11) is 1.45. The highest BCUT2D eigenvalue weighted by Crippen LogP contribution is 2.41.